The van der Waals surface area contributed by atoms with Crippen molar-refractivity contribution in [2.24, 2.45) is 0 Å². The number of carbonyl (C=O) groups is 1. The molecule has 2 aromatic carbocycles. The molecule has 7 nitrogen and oxygen atoms in total. The average Bonchev–Trinajstić information content (AvgIpc) is 3.54. The van der Waals surface area contributed by atoms with E-state index in [1.165, 1.54) is 4.31 Å². The van der Waals surface area contributed by atoms with Crippen molar-refractivity contribution in [2.75, 3.05) is 18.4 Å². The summed E-state index contributed by atoms with van der Waals surface area (Å²) < 4.78 is 38.8. The van der Waals surface area contributed by atoms with Crippen molar-refractivity contribution in [2.45, 2.75) is 62.0 Å². The molecule has 1 saturated carbocycles. The highest BCUT2D eigenvalue weighted by Gasteiger charge is 2.44. The summed E-state index contributed by atoms with van der Waals surface area (Å²) in [5.41, 5.74) is 1.61. The van der Waals surface area contributed by atoms with Crippen LogP contribution in [0.5, 0.6) is 11.5 Å². The van der Waals surface area contributed by atoms with Crippen molar-refractivity contribution in [1.29, 1.82) is 0 Å². The van der Waals surface area contributed by atoms with Crippen LogP contribution in [0.2, 0.25) is 0 Å². The molecule has 0 aromatic heterocycles. The second kappa shape index (κ2) is 8.41. The molecule has 0 radical (unpaired) electrons. The average molecular weight is 457 g/mol. The van der Waals surface area contributed by atoms with E-state index >= 15 is 0 Å². The summed E-state index contributed by atoms with van der Waals surface area (Å²) in [5, 5.41) is 2.92. The first-order valence-corrected chi connectivity index (χ1v) is 12.8. The molecule has 1 aliphatic carbocycles. The molecule has 1 saturated heterocycles. The fourth-order valence-electron chi connectivity index (χ4n) is 4.68. The maximum Gasteiger partial charge on any atom is 0.251 e. The number of sulfonamides is 1. The maximum atomic E-state index is 12.6. The van der Waals surface area contributed by atoms with Crippen molar-refractivity contribution in [3.8, 4) is 11.5 Å². The summed E-state index contributed by atoms with van der Waals surface area (Å²) in [6, 6.07) is 12.3. The largest absolute Gasteiger partial charge is 0.448 e. The monoisotopic (exact) mass is 456 g/mol. The third-order valence-electron chi connectivity index (χ3n) is 6.45. The Labute approximate surface area is 188 Å². The normalized spacial score (nSPS) is 19.5. The molecule has 0 unspecified atom stereocenters. The van der Waals surface area contributed by atoms with E-state index in [0.29, 0.717) is 42.3 Å². The highest BCUT2D eigenvalue weighted by atomic mass is 32.2. The Morgan fingerprint density at radius 1 is 0.938 bits per heavy atom. The van der Waals surface area contributed by atoms with Gasteiger partial charge in [-0.2, -0.15) is 4.31 Å². The number of hydrogen-bond donors (Lipinski definition) is 1. The van der Waals surface area contributed by atoms with E-state index < -0.39 is 15.8 Å². The fraction of sp³-hybridized carbons (Fsp3) is 0.458. The molecular weight excluding hydrogens is 428 g/mol. The van der Waals surface area contributed by atoms with Gasteiger partial charge in [-0.1, -0.05) is 12.1 Å². The van der Waals surface area contributed by atoms with Gasteiger partial charge in [0.1, 0.15) is 0 Å². The second-order valence-corrected chi connectivity index (χ2v) is 10.7. The number of nitrogens with zero attached hydrogens (tertiary/aromatic N) is 1. The van der Waals surface area contributed by atoms with E-state index in [-0.39, 0.29) is 5.91 Å². The molecule has 32 heavy (non-hydrogen) atoms. The standard InChI is InChI=1S/C24H28N2O5S/c27-23(25-19-8-11-21-22(17-19)31-24(30-21)13-1-2-14-24)12-7-18-5-9-20(10-6-18)32(28,29)26-15-3-4-16-26/h5-6,8-11,17H,1-4,7,12-16H2,(H,25,27). The number of rotatable bonds is 6. The highest BCUT2D eigenvalue weighted by molar-refractivity contribution is 7.89. The Hall–Kier alpha value is -2.58. The SMILES string of the molecule is O=C(CCc1ccc(S(=O)(=O)N2CCCC2)cc1)Nc1ccc2c(c1)OC1(CCCC1)O2. The van der Waals surface area contributed by atoms with Gasteiger partial charge in [-0.25, -0.2) is 8.42 Å². The fourth-order valence-corrected chi connectivity index (χ4v) is 6.19. The Morgan fingerprint density at radius 3 is 2.34 bits per heavy atom. The van der Waals surface area contributed by atoms with Crippen LogP contribution in [0.1, 0.15) is 50.5 Å². The molecule has 170 valence electrons. The molecule has 0 bridgehead atoms. The van der Waals surface area contributed by atoms with Gasteiger partial charge in [-0.15, -0.1) is 0 Å². The van der Waals surface area contributed by atoms with Crippen LogP contribution in [-0.2, 0) is 21.2 Å². The second-order valence-electron chi connectivity index (χ2n) is 8.79. The van der Waals surface area contributed by atoms with Crippen LogP contribution in [0.3, 0.4) is 0 Å². The first-order valence-electron chi connectivity index (χ1n) is 11.3. The van der Waals surface area contributed by atoms with Gasteiger partial charge < -0.3 is 14.8 Å². The van der Waals surface area contributed by atoms with E-state index in [4.69, 9.17) is 9.47 Å². The minimum atomic E-state index is -3.41. The van der Waals surface area contributed by atoms with Gasteiger partial charge in [0.15, 0.2) is 11.5 Å². The third-order valence-corrected chi connectivity index (χ3v) is 8.36. The quantitative estimate of drug-likeness (QED) is 0.708. The molecule has 2 aromatic rings. The zero-order valence-electron chi connectivity index (χ0n) is 18.0. The Morgan fingerprint density at radius 2 is 1.62 bits per heavy atom. The van der Waals surface area contributed by atoms with Crippen LogP contribution in [0.4, 0.5) is 5.69 Å². The Balaban J connectivity index is 1.16. The number of aryl methyl sites for hydroxylation is 1. The van der Waals surface area contributed by atoms with Crippen molar-refractivity contribution < 1.29 is 22.7 Å². The number of carbonyl (C=O) groups excluding carboxylic acids is 1. The molecule has 2 fully saturated rings. The van der Waals surface area contributed by atoms with Crippen LogP contribution in [-0.4, -0.2) is 37.5 Å². The van der Waals surface area contributed by atoms with E-state index in [1.807, 2.05) is 18.2 Å². The van der Waals surface area contributed by atoms with Gasteiger partial charge in [-0.3, -0.25) is 4.79 Å². The van der Waals surface area contributed by atoms with Gasteiger partial charge >= 0.3 is 0 Å². The van der Waals surface area contributed by atoms with E-state index in [2.05, 4.69) is 5.32 Å². The highest BCUT2D eigenvalue weighted by Crippen LogP contribution is 2.47. The van der Waals surface area contributed by atoms with Crippen LogP contribution < -0.4 is 14.8 Å². The number of hydrogen-bond acceptors (Lipinski definition) is 5. The molecular formula is C24H28N2O5S. The molecule has 5 rings (SSSR count). The molecule has 1 amide bonds. The lowest BCUT2D eigenvalue weighted by Gasteiger charge is -2.21. The molecule has 2 heterocycles. The lowest BCUT2D eigenvalue weighted by atomic mass is 10.1. The van der Waals surface area contributed by atoms with Crippen molar-refractivity contribution in [3.63, 3.8) is 0 Å². The molecule has 1 N–H and O–H groups in total. The molecule has 1 spiro atoms. The summed E-state index contributed by atoms with van der Waals surface area (Å²) in [6.07, 6.45) is 6.64. The predicted molar refractivity (Wildman–Crippen MR) is 120 cm³/mol. The summed E-state index contributed by atoms with van der Waals surface area (Å²) in [6.45, 7) is 1.18. The minimum Gasteiger partial charge on any atom is -0.448 e. The number of anilines is 1. The summed E-state index contributed by atoms with van der Waals surface area (Å²) >= 11 is 0. The number of fused-ring (bicyclic) bond motifs is 1. The van der Waals surface area contributed by atoms with E-state index in [9.17, 15) is 13.2 Å². The molecule has 8 heteroatoms. The Kier molecular flexibility index (Phi) is 5.59. The maximum absolute atomic E-state index is 12.6. The van der Waals surface area contributed by atoms with Crippen LogP contribution >= 0.6 is 0 Å². The summed E-state index contributed by atoms with van der Waals surface area (Å²) in [5.74, 6) is 0.793. The minimum absolute atomic E-state index is 0.104. The van der Waals surface area contributed by atoms with Gasteiger partial charge in [0.25, 0.3) is 5.79 Å². The molecule has 2 aliphatic heterocycles. The number of amides is 1. The van der Waals surface area contributed by atoms with Crippen molar-refractivity contribution in [3.05, 3.63) is 48.0 Å². The van der Waals surface area contributed by atoms with Gasteiger partial charge in [0.2, 0.25) is 15.9 Å². The van der Waals surface area contributed by atoms with E-state index in [0.717, 1.165) is 49.8 Å². The summed E-state index contributed by atoms with van der Waals surface area (Å²) in [7, 11) is -3.41. The summed E-state index contributed by atoms with van der Waals surface area (Å²) in [4.78, 5) is 12.8. The number of ether oxygens (including phenoxy) is 2. The smallest absolute Gasteiger partial charge is 0.251 e. The van der Waals surface area contributed by atoms with Crippen LogP contribution in [0, 0.1) is 0 Å². The lowest BCUT2D eigenvalue weighted by molar-refractivity contribution is -0.116. The van der Waals surface area contributed by atoms with Gasteiger partial charge in [0, 0.05) is 44.1 Å². The van der Waals surface area contributed by atoms with Crippen LogP contribution in [0.15, 0.2) is 47.4 Å². The predicted octanol–water partition coefficient (Wildman–Crippen LogP) is 4.08. The topological polar surface area (TPSA) is 84.9 Å². The zero-order chi connectivity index (χ0) is 22.2. The molecule has 0 atom stereocenters. The first kappa shape index (κ1) is 21.3. The number of nitrogens with one attached hydrogen (secondary N) is 1. The van der Waals surface area contributed by atoms with Crippen molar-refractivity contribution in [1.82, 2.24) is 4.31 Å². The number of benzene rings is 2. The molecule has 3 aliphatic rings. The third kappa shape index (κ3) is 4.21. The first-order chi connectivity index (χ1) is 15.4. The lowest BCUT2D eigenvalue weighted by Crippen LogP contribution is -2.34. The van der Waals surface area contributed by atoms with Gasteiger partial charge in [0.05, 0.1) is 4.90 Å². The Bertz CT molecular complexity index is 1100. The zero-order valence-corrected chi connectivity index (χ0v) is 18.8. The van der Waals surface area contributed by atoms with Gasteiger partial charge in [-0.05, 0) is 61.9 Å². The van der Waals surface area contributed by atoms with Crippen LogP contribution in [0.25, 0.3) is 0 Å². The van der Waals surface area contributed by atoms with Crippen molar-refractivity contribution >= 4 is 21.6 Å². The van der Waals surface area contributed by atoms with E-state index in [1.54, 1.807) is 24.3 Å².